The third kappa shape index (κ3) is 4.93. The number of carbonyl (C=O) groups excluding carboxylic acids is 3. The van der Waals surface area contributed by atoms with Crippen LogP contribution in [0.15, 0.2) is 41.0 Å². The normalized spacial score (nSPS) is 26.7. The smallest absolute Gasteiger partial charge is 0.455 e. The summed E-state index contributed by atoms with van der Waals surface area (Å²) in [4.78, 5) is 39.0. The summed E-state index contributed by atoms with van der Waals surface area (Å²) in [7, 11) is 0.103. The number of phenols is 1. The second-order valence-corrected chi connectivity index (χ2v) is 9.67. The highest BCUT2D eigenvalue weighted by molar-refractivity contribution is 6.43. The first kappa shape index (κ1) is 25.2. The highest BCUT2D eigenvalue weighted by Gasteiger charge is 2.59. The SMILES string of the molecule is CCCC1=C2[C@@H](CC/C(C)=C/c3ccc(O)cc3)OB(O)C[C@@H]2[C@@H]2C(=O)N(C(=O)OC)C(=O)[C@@H]2C1. The number of hydrogen-bond acceptors (Lipinski definition) is 7. The fourth-order valence-electron chi connectivity index (χ4n) is 5.86. The predicted octanol–water partition coefficient (Wildman–Crippen LogP) is 3.94. The van der Waals surface area contributed by atoms with Gasteiger partial charge in [0, 0.05) is 0 Å². The number of methoxy groups -OCH3 is 1. The minimum absolute atomic E-state index is 0.215. The molecule has 35 heavy (non-hydrogen) atoms. The van der Waals surface area contributed by atoms with Gasteiger partial charge in [0.2, 0.25) is 11.8 Å². The zero-order chi connectivity index (χ0) is 25.3. The van der Waals surface area contributed by atoms with Gasteiger partial charge in [-0.05, 0) is 68.1 Å². The van der Waals surface area contributed by atoms with Gasteiger partial charge in [0.1, 0.15) is 5.75 Å². The molecule has 0 saturated carbocycles. The Hall–Kier alpha value is -2.91. The lowest BCUT2D eigenvalue weighted by atomic mass is 9.58. The fourth-order valence-corrected chi connectivity index (χ4v) is 5.86. The van der Waals surface area contributed by atoms with Crippen molar-refractivity contribution in [1.29, 1.82) is 0 Å². The van der Waals surface area contributed by atoms with E-state index in [1.807, 2.05) is 25.1 Å². The van der Waals surface area contributed by atoms with Gasteiger partial charge >= 0.3 is 13.2 Å². The minimum Gasteiger partial charge on any atom is -0.508 e. The maximum Gasteiger partial charge on any atom is 0.455 e. The van der Waals surface area contributed by atoms with E-state index in [0.29, 0.717) is 24.2 Å². The molecule has 3 amide bonds. The van der Waals surface area contributed by atoms with Gasteiger partial charge in [-0.2, -0.15) is 4.90 Å². The van der Waals surface area contributed by atoms with Crippen molar-refractivity contribution in [3.05, 3.63) is 46.5 Å². The van der Waals surface area contributed by atoms with Crippen molar-refractivity contribution in [2.45, 2.75) is 58.4 Å². The second kappa shape index (κ2) is 10.4. The Morgan fingerprint density at radius 1 is 1.23 bits per heavy atom. The number of phenolic OH excluding ortho intramolecular Hbond substituents is 1. The highest BCUT2D eigenvalue weighted by Crippen LogP contribution is 2.51. The molecule has 1 aromatic carbocycles. The van der Waals surface area contributed by atoms with Crippen LogP contribution < -0.4 is 0 Å². The minimum atomic E-state index is -1.05. The Kier molecular flexibility index (Phi) is 7.47. The summed E-state index contributed by atoms with van der Waals surface area (Å²) in [5, 5.41) is 20.1. The number of allylic oxidation sites excluding steroid dienone is 2. The Bertz CT molecular complexity index is 1060. The molecule has 0 aromatic heterocycles. The number of amides is 3. The molecule has 2 N–H and O–H groups in total. The Labute approximate surface area is 205 Å². The average Bonchev–Trinajstić information content (AvgIpc) is 3.08. The molecule has 4 atom stereocenters. The second-order valence-electron chi connectivity index (χ2n) is 9.67. The molecule has 1 aromatic rings. The van der Waals surface area contributed by atoms with Gasteiger partial charge in [-0.3, -0.25) is 9.59 Å². The lowest BCUT2D eigenvalue weighted by Crippen LogP contribution is -2.46. The number of ether oxygens (including phenoxy) is 1. The third-order valence-corrected chi connectivity index (χ3v) is 7.32. The monoisotopic (exact) mass is 481 g/mol. The standard InChI is InChI=1S/C26H32BNO7/c1-4-5-17-13-19-23(25(31)28(24(19)30)26(32)34-3)20-14-27(33)35-21(22(17)20)11-6-15(2)12-16-7-9-18(29)10-8-16/h7-10,12,19-21,23,29,33H,4-6,11,13-14H2,1-3H3/b15-12+/t19-,20+,21-,23-/m1/s1. The van der Waals surface area contributed by atoms with Crippen LogP contribution in [0.4, 0.5) is 4.79 Å². The number of rotatable bonds is 6. The van der Waals surface area contributed by atoms with Gasteiger partial charge in [0.15, 0.2) is 0 Å². The first-order chi connectivity index (χ1) is 16.7. The summed E-state index contributed by atoms with van der Waals surface area (Å²) >= 11 is 0. The maximum absolute atomic E-state index is 13.2. The summed E-state index contributed by atoms with van der Waals surface area (Å²) in [5.41, 5.74) is 4.21. The molecule has 186 valence electrons. The molecule has 0 spiro atoms. The molecule has 1 aliphatic carbocycles. The van der Waals surface area contributed by atoms with Crippen molar-refractivity contribution in [3.8, 4) is 5.75 Å². The fraction of sp³-hybridized carbons (Fsp3) is 0.500. The van der Waals surface area contributed by atoms with Crippen LogP contribution in [-0.2, 0) is 19.0 Å². The molecule has 2 fully saturated rings. The molecule has 0 unspecified atom stereocenters. The zero-order valence-electron chi connectivity index (χ0n) is 20.4. The van der Waals surface area contributed by atoms with E-state index in [-0.39, 0.29) is 24.1 Å². The molecule has 0 bridgehead atoms. The predicted molar refractivity (Wildman–Crippen MR) is 130 cm³/mol. The summed E-state index contributed by atoms with van der Waals surface area (Å²) in [5.74, 6) is -2.49. The van der Waals surface area contributed by atoms with Crippen LogP contribution in [-0.4, -0.2) is 53.3 Å². The van der Waals surface area contributed by atoms with E-state index in [1.54, 1.807) is 12.1 Å². The number of carbonyl (C=O) groups is 3. The van der Waals surface area contributed by atoms with Crippen molar-refractivity contribution >= 4 is 31.1 Å². The number of benzene rings is 1. The Morgan fingerprint density at radius 3 is 2.60 bits per heavy atom. The van der Waals surface area contributed by atoms with E-state index in [9.17, 15) is 24.5 Å². The van der Waals surface area contributed by atoms with Crippen LogP contribution in [0, 0.1) is 17.8 Å². The van der Waals surface area contributed by atoms with Crippen LogP contribution in [0.5, 0.6) is 5.75 Å². The van der Waals surface area contributed by atoms with Gasteiger partial charge in [-0.25, -0.2) is 4.79 Å². The first-order valence-corrected chi connectivity index (χ1v) is 12.2. The molecule has 9 heteroatoms. The van der Waals surface area contributed by atoms with Gasteiger partial charge in [-0.1, -0.05) is 42.7 Å². The van der Waals surface area contributed by atoms with E-state index in [2.05, 4.69) is 6.92 Å². The van der Waals surface area contributed by atoms with Crippen LogP contribution in [0.2, 0.25) is 6.32 Å². The van der Waals surface area contributed by atoms with Crippen molar-refractivity contribution in [3.63, 3.8) is 0 Å². The number of hydrogen-bond donors (Lipinski definition) is 2. The van der Waals surface area contributed by atoms with Crippen LogP contribution >= 0.6 is 0 Å². The van der Waals surface area contributed by atoms with Crippen molar-refractivity contribution in [1.82, 2.24) is 4.90 Å². The zero-order valence-corrected chi connectivity index (χ0v) is 20.4. The topological polar surface area (TPSA) is 113 Å². The summed E-state index contributed by atoms with van der Waals surface area (Å²) in [6, 6.07) is 6.97. The number of likely N-dealkylation sites (tertiary alicyclic amines) is 1. The number of fused-ring (bicyclic) bond motifs is 3. The van der Waals surface area contributed by atoms with E-state index in [1.165, 1.54) is 0 Å². The summed E-state index contributed by atoms with van der Waals surface area (Å²) in [6.45, 7) is 4.09. The van der Waals surface area contributed by atoms with E-state index >= 15 is 0 Å². The summed E-state index contributed by atoms with van der Waals surface area (Å²) < 4.78 is 10.7. The molecule has 0 radical (unpaired) electrons. The molecule has 4 rings (SSSR count). The number of nitrogens with zero attached hydrogens (tertiary/aromatic N) is 1. The molecule has 2 saturated heterocycles. The molecular weight excluding hydrogens is 449 g/mol. The number of imide groups is 3. The van der Waals surface area contributed by atoms with Gasteiger partial charge < -0.3 is 19.5 Å². The maximum atomic E-state index is 13.2. The lowest BCUT2D eigenvalue weighted by molar-refractivity contribution is -0.137. The third-order valence-electron chi connectivity index (χ3n) is 7.32. The van der Waals surface area contributed by atoms with Gasteiger partial charge in [-0.15, -0.1) is 0 Å². The summed E-state index contributed by atoms with van der Waals surface area (Å²) in [6.07, 6.45) is 4.34. The Morgan fingerprint density at radius 2 is 1.94 bits per heavy atom. The van der Waals surface area contributed by atoms with Crippen LogP contribution in [0.25, 0.3) is 6.08 Å². The quantitative estimate of drug-likeness (QED) is 0.360. The molecule has 8 nitrogen and oxygen atoms in total. The van der Waals surface area contributed by atoms with Crippen LogP contribution in [0.1, 0.15) is 51.5 Å². The molecule has 2 aliphatic heterocycles. The lowest BCUT2D eigenvalue weighted by Gasteiger charge is -2.43. The molecule has 2 heterocycles. The first-order valence-electron chi connectivity index (χ1n) is 12.2. The van der Waals surface area contributed by atoms with E-state index in [4.69, 9.17) is 9.39 Å². The van der Waals surface area contributed by atoms with Crippen LogP contribution in [0.3, 0.4) is 0 Å². The molecular formula is C26H32BNO7. The van der Waals surface area contributed by atoms with E-state index in [0.717, 1.165) is 42.2 Å². The largest absolute Gasteiger partial charge is 0.508 e. The van der Waals surface area contributed by atoms with Gasteiger partial charge in [0.05, 0.1) is 25.0 Å². The van der Waals surface area contributed by atoms with Crippen molar-refractivity contribution in [2.24, 2.45) is 17.8 Å². The average molecular weight is 481 g/mol. The van der Waals surface area contributed by atoms with Crippen molar-refractivity contribution in [2.75, 3.05) is 7.11 Å². The van der Waals surface area contributed by atoms with Crippen molar-refractivity contribution < 1.29 is 33.9 Å². The van der Waals surface area contributed by atoms with E-state index < -0.39 is 36.9 Å². The Balaban J connectivity index is 1.60. The molecule has 3 aliphatic rings. The highest BCUT2D eigenvalue weighted by atomic mass is 16.5. The number of aromatic hydroxyl groups is 1. The van der Waals surface area contributed by atoms with Gasteiger partial charge in [0.25, 0.3) is 0 Å².